The van der Waals surface area contributed by atoms with Gasteiger partial charge in [-0.15, -0.1) is 0 Å². The molecule has 3 heterocycles. The van der Waals surface area contributed by atoms with Crippen LogP contribution in [0.5, 0.6) is 0 Å². The summed E-state index contributed by atoms with van der Waals surface area (Å²) in [6, 6.07) is 2.56. The van der Waals surface area contributed by atoms with Crippen LogP contribution in [-0.4, -0.2) is 55.9 Å². The van der Waals surface area contributed by atoms with Gasteiger partial charge in [0.25, 0.3) is 0 Å². The molecule has 0 aromatic carbocycles. The maximum Gasteiger partial charge on any atom is 0.225 e. The zero-order valence-corrected chi connectivity index (χ0v) is 16.3. The Morgan fingerprint density at radius 3 is 2.88 bits per heavy atom. The molecule has 4 rings (SSSR count). The second-order valence-electron chi connectivity index (χ2n) is 7.92. The van der Waals surface area contributed by atoms with Crippen LogP contribution in [0.4, 0.5) is 0 Å². The summed E-state index contributed by atoms with van der Waals surface area (Å²) in [4.78, 5) is 15.2. The van der Waals surface area contributed by atoms with Gasteiger partial charge < -0.3 is 19.7 Å². The van der Waals surface area contributed by atoms with Crippen LogP contribution in [0.15, 0.2) is 16.8 Å². The van der Waals surface area contributed by atoms with E-state index < -0.39 is 0 Å². The van der Waals surface area contributed by atoms with E-state index in [2.05, 4.69) is 27.0 Å². The lowest BCUT2D eigenvalue weighted by Gasteiger charge is -2.30. The average Bonchev–Trinajstić information content (AvgIpc) is 3.10. The maximum atomic E-state index is 13.0. The van der Waals surface area contributed by atoms with Gasteiger partial charge >= 0.3 is 0 Å². The number of hydrogen-bond donors (Lipinski definition) is 1. The van der Waals surface area contributed by atoms with E-state index in [4.69, 9.17) is 9.47 Å². The molecular weight excluding hydrogens is 348 g/mol. The Morgan fingerprint density at radius 1 is 1.35 bits per heavy atom. The first-order chi connectivity index (χ1) is 12.8. The van der Waals surface area contributed by atoms with Gasteiger partial charge in [-0.05, 0) is 73.0 Å². The molecule has 0 bridgehead atoms. The van der Waals surface area contributed by atoms with Crippen molar-refractivity contribution in [1.82, 2.24) is 10.2 Å². The summed E-state index contributed by atoms with van der Waals surface area (Å²) in [5, 5.41) is 7.71. The maximum absolute atomic E-state index is 13.0. The van der Waals surface area contributed by atoms with Crippen molar-refractivity contribution in [2.45, 2.75) is 57.2 Å². The normalized spacial score (nSPS) is 25.3. The van der Waals surface area contributed by atoms with Gasteiger partial charge in [-0.1, -0.05) is 0 Å². The fraction of sp³-hybridized carbons (Fsp3) is 0.750. The van der Waals surface area contributed by atoms with Crippen LogP contribution in [0, 0.1) is 5.41 Å². The van der Waals surface area contributed by atoms with E-state index in [9.17, 15) is 4.79 Å². The number of carbonyl (C=O) groups is 1. The van der Waals surface area contributed by atoms with Crippen LogP contribution in [0.2, 0.25) is 0 Å². The quantitative estimate of drug-likeness (QED) is 0.793. The van der Waals surface area contributed by atoms with Crippen LogP contribution in [0.25, 0.3) is 0 Å². The number of piperidine rings is 1. The van der Waals surface area contributed by atoms with Crippen molar-refractivity contribution >= 4 is 17.2 Å². The first kappa shape index (κ1) is 18.4. The van der Waals surface area contributed by atoms with Gasteiger partial charge in [-0.25, -0.2) is 0 Å². The molecule has 1 saturated carbocycles. The van der Waals surface area contributed by atoms with Crippen molar-refractivity contribution in [1.29, 1.82) is 0 Å². The van der Waals surface area contributed by atoms with E-state index >= 15 is 0 Å². The molecule has 1 spiro atoms. The highest BCUT2D eigenvalue weighted by molar-refractivity contribution is 7.07. The van der Waals surface area contributed by atoms with Gasteiger partial charge in [0.1, 0.15) is 0 Å². The van der Waals surface area contributed by atoms with E-state index in [-0.39, 0.29) is 12.0 Å². The highest BCUT2D eigenvalue weighted by Gasteiger charge is 2.57. The highest BCUT2D eigenvalue weighted by Crippen LogP contribution is 2.56. The molecule has 5 nitrogen and oxygen atoms in total. The number of hydrogen-bond acceptors (Lipinski definition) is 5. The van der Waals surface area contributed by atoms with Gasteiger partial charge in [-0.3, -0.25) is 4.79 Å². The minimum atomic E-state index is 0.253. The molecule has 3 aliphatic rings. The van der Waals surface area contributed by atoms with Crippen molar-refractivity contribution in [3.63, 3.8) is 0 Å². The molecule has 1 unspecified atom stereocenters. The van der Waals surface area contributed by atoms with E-state index in [1.54, 1.807) is 11.3 Å². The van der Waals surface area contributed by atoms with Gasteiger partial charge in [0.05, 0.1) is 19.1 Å². The number of rotatable bonds is 7. The second kappa shape index (κ2) is 8.38. The molecule has 2 saturated heterocycles. The third-order valence-electron chi connectivity index (χ3n) is 6.21. The molecule has 1 aromatic heterocycles. The van der Waals surface area contributed by atoms with Crippen molar-refractivity contribution in [3.8, 4) is 0 Å². The van der Waals surface area contributed by atoms with Gasteiger partial charge in [0, 0.05) is 25.8 Å². The Bertz CT molecular complexity index is 580. The Hall–Kier alpha value is -0.950. The summed E-state index contributed by atoms with van der Waals surface area (Å²) in [6.45, 7) is 5.01. The number of thiophene rings is 1. The summed E-state index contributed by atoms with van der Waals surface area (Å²) in [6.07, 6.45) is 6.22. The number of carbonyl (C=O) groups excluding carboxylic acids is 1. The molecule has 2 aliphatic heterocycles. The SMILES string of the molecule is O=C(CCOC1CCOCC1)N(Cc1ccsc1)C1CC12CCNCC2. The highest BCUT2D eigenvalue weighted by atomic mass is 32.1. The Kier molecular flexibility index (Phi) is 5.93. The van der Waals surface area contributed by atoms with Gasteiger partial charge in [0.15, 0.2) is 0 Å². The van der Waals surface area contributed by atoms with Crippen LogP contribution in [0.3, 0.4) is 0 Å². The number of nitrogens with zero attached hydrogens (tertiary/aromatic N) is 1. The Labute approximate surface area is 160 Å². The molecule has 6 heteroatoms. The van der Waals surface area contributed by atoms with E-state index in [0.29, 0.717) is 24.5 Å². The van der Waals surface area contributed by atoms with Crippen LogP contribution < -0.4 is 5.32 Å². The first-order valence-corrected chi connectivity index (χ1v) is 10.9. The number of nitrogens with one attached hydrogen (secondary N) is 1. The van der Waals surface area contributed by atoms with Gasteiger partial charge in [-0.2, -0.15) is 11.3 Å². The third kappa shape index (κ3) is 4.30. The summed E-state index contributed by atoms with van der Waals surface area (Å²) >= 11 is 1.70. The predicted octanol–water partition coefficient (Wildman–Crippen LogP) is 2.80. The molecule has 3 fully saturated rings. The standard InChI is InChI=1S/C20H30N2O3S/c23-19(3-11-25-17-1-9-24-10-2-17)22(14-16-4-12-26-15-16)18-13-20(18)5-7-21-8-6-20/h4,12,15,17-18,21H,1-3,5-11,13-14H2. The molecule has 1 atom stereocenters. The summed E-state index contributed by atoms with van der Waals surface area (Å²) in [5.74, 6) is 0.253. The van der Waals surface area contributed by atoms with E-state index in [0.717, 1.165) is 45.7 Å². The first-order valence-electron chi connectivity index (χ1n) is 9.97. The average molecular weight is 379 g/mol. The van der Waals surface area contributed by atoms with Crippen molar-refractivity contribution in [2.75, 3.05) is 32.9 Å². The molecule has 1 aliphatic carbocycles. The predicted molar refractivity (Wildman–Crippen MR) is 102 cm³/mol. The molecule has 144 valence electrons. The van der Waals surface area contributed by atoms with E-state index in [1.165, 1.54) is 24.8 Å². The molecule has 1 amide bonds. The third-order valence-corrected chi connectivity index (χ3v) is 6.95. The largest absolute Gasteiger partial charge is 0.381 e. The lowest BCUT2D eigenvalue weighted by atomic mass is 9.93. The summed E-state index contributed by atoms with van der Waals surface area (Å²) < 4.78 is 11.3. The fourth-order valence-electron chi connectivity index (χ4n) is 4.48. The monoisotopic (exact) mass is 378 g/mol. The van der Waals surface area contributed by atoms with Crippen molar-refractivity contribution < 1.29 is 14.3 Å². The number of amides is 1. The summed E-state index contributed by atoms with van der Waals surface area (Å²) in [7, 11) is 0. The van der Waals surface area contributed by atoms with Crippen LogP contribution in [-0.2, 0) is 20.8 Å². The second-order valence-corrected chi connectivity index (χ2v) is 8.70. The van der Waals surface area contributed by atoms with E-state index in [1.807, 2.05) is 0 Å². The Morgan fingerprint density at radius 2 is 2.15 bits per heavy atom. The zero-order valence-electron chi connectivity index (χ0n) is 15.5. The number of ether oxygens (including phenoxy) is 2. The molecule has 26 heavy (non-hydrogen) atoms. The minimum Gasteiger partial charge on any atom is -0.381 e. The molecule has 1 N–H and O–H groups in total. The van der Waals surface area contributed by atoms with Crippen LogP contribution >= 0.6 is 11.3 Å². The van der Waals surface area contributed by atoms with Crippen molar-refractivity contribution in [3.05, 3.63) is 22.4 Å². The molecule has 0 radical (unpaired) electrons. The smallest absolute Gasteiger partial charge is 0.225 e. The minimum absolute atomic E-state index is 0.253. The Balaban J connectivity index is 1.33. The fourth-order valence-corrected chi connectivity index (χ4v) is 5.14. The molecular formula is C20H30N2O3S. The van der Waals surface area contributed by atoms with Gasteiger partial charge in [0.2, 0.25) is 5.91 Å². The summed E-state index contributed by atoms with van der Waals surface area (Å²) in [5.41, 5.74) is 1.63. The topological polar surface area (TPSA) is 50.8 Å². The lowest BCUT2D eigenvalue weighted by molar-refractivity contribution is -0.135. The molecule has 1 aromatic rings. The zero-order chi connectivity index (χ0) is 17.8. The van der Waals surface area contributed by atoms with Crippen LogP contribution in [0.1, 0.15) is 44.1 Å². The lowest BCUT2D eigenvalue weighted by Crippen LogP contribution is -2.39. The van der Waals surface area contributed by atoms with Crippen molar-refractivity contribution in [2.24, 2.45) is 5.41 Å².